The molecule has 0 unspecified atom stereocenters. The lowest BCUT2D eigenvalue weighted by molar-refractivity contribution is 0.465. The largest absolute Gasteiger partial charge is 0.299 e. The second-order valence-corrected chi connectivity index (χ2v) is 6.44. The van der Waals surface area contributed by atoms with Crippen LogP contribution in [0.15, 0.2) is 24.5 Å². The van der Waals surface area contributed by atoms with Gasteiger partial charge < -0.3 is 0 Å². The summed E-state index contributed by atoms with van der Waals surface area (Å²) < 4.78 is 2.96. The van der Waals surface area contributed by atoms with Crippen LogP contribution < -0.4 is 0 Å². The average molecular weight is 308 g/mol. The SMILES string of the molecule is CCC(CC)(Cn1c(-c2cccnc2)n[nH]c1=S)SC. The molecule has 0 aliphatic rings. The quantitative estimate of drug-likeness (QED) is 0.822. The van der Waals surface area contributed by atoms with Gasteiger partial charge in [0.25, 0.3) is 0 Å². The monoisotopic (exact) mass is 308 g/mol. The molecule has 0 fully saturated rings. The summed E-state index contributed by atoms with van der Waals surface area (Å²) in [6, 6.07) is 3.92. The van der Waals surface area contributed by atoms with Gasteiger partial charge in [0.1, 0.15) is 0 Å². The molecule has 2 rings (SSSR count). The molecular weight excluding hydrogens is 288 g/mol. The zero-order chi connectivity index (χ0) is 14.6. The van der Waals surface area contributed by atoms with Crippen LogP contribution >= 0.6 is 24.0 Å². The van der Waals surface area contributed by atoms with Crippen LogP contribution in [0.2, 0.25) is 0 Å². The molecule has 0 spiro atoms. The number of nitrogens with one attached hydrogen (secondary N) is 1. The fourth-order valence-electron chi connectivity index (χ4n) is 2.29. The lowest BCUT2D eigenvalue weighted by Gasteiger charge is -2.30. The van der Waals surface area contributed by atoms with Gasteiger partial charge in [-0.15, -0.1) is 0 Å². The molecule has 0 atom stereocenters. The third-order valence-electron chi connectivity index (χ3n) is 3.85. The van der Waals surface area contributed by atoms with Crippen LogP contribution in [0, 0.1) is 4.77 Å². The lowest BCUT2D eigenvalue weighted by atomic mass is 10.0. The van der Waals surface area contributed by atoms with Gasteiger partial charge in [-0.05, 0) is 43.4 Å². The standard InChI is InChI=1S/C14H20N4S2/c1-4-14(5-2,20-3)10-18-12(16-17-13(18)19)11-7-6-8-15-9-11/h6-9H,4-5,10H2,1-3H3,(H,17,19). The maximum Gasteiger partial charge on any atom is 0.195 e. The fraction of sp³-hybridized carbons (Fsp3) is 0.500. The van der Waals surface area contributed by atoms with Crippen LogP contribution in [-0.2, 0) is 6.54 Å². The predicted molar refractivity (Wildman–Crippen MR) is 87.5 cm³/mol. The second-order valence-electron chi connectivity index (χ2n) is 4.77. The van der Waals surface area contributed by atoms with Crippen molar-refractivity contribution >= 4 is 24.0 Å². The number of aromatic amines is 1. The molecule has 0 aliphatic heterocycles. The van der Waals surface area contributed by atoms with Gasteiger partial charge in [0.2, 0.25) is 0 Å². The van der Waals surface area contributed by atoms with E-state index in [0.717, 1.165) is 30.8 Å². The summed E-state index contributed by atoms with van der Waals surface area (Å²) in [5, 5.41) is 7.28. The van der Waals surface area contributed by atoms with Crippen LogP contribution in [0.25, 0.3) is 11.4 Å². The number of hydrogen-bond acceptors (Lipinski definition) is 4. The van der Waals surface area contributed by atoms with Crippen LogP contribution in [0.5, 0.6) is 0 Å². The molecule has 2 heterocycles. The Bertz CT molecular complexity index is 591. The summed E-state index contributed by atoms with van der Waals surface area (Å²) in [4.78, 5) is 4.16. The molecule has 20 heavy (non-hydrogen) atoms. The molecule has 0 bridgehead atoms. The summed E-state index contributed by atoms with van der Waals surface area (Å²) in [7, 11) is 0. The number of pyridine rings is 1. The van der Waals surface area contributed by atoms with Crippen molar-refractivity contribution in [2.45, 2.75) is 38.0 Å². The highest BCUT2D eigenvalue weighted by Crippen LogP contribution is 2.33. The van der Waals surface area contributed by atoms with Crippen molar-refractivity contribution in [2.24, 2.45) is 0 Å². The summed E-state index contributed by atoms with van der Waals surface area (Å²) in [5.41, 5.74) is 0.988. The predicted octanol–water partition coefficient (Wildman–Crippen LogP) is 3.92. The van der Waals surface area contributed by atoms with Crippen molar-refractivity contribution in [3.63, 3.8) is 0 Å². The Hall–Kier alpha value is -1.14. The Morgan fingerprint density at radius 1 is 1.40 bits per heavy atom. The number of H-pyrrole nitrogens is 1. The number of nitrogens with zero attached hydrogens (tertiary/aromatic N) is 3. The normalized spacial score (nSPS) is 11.8. The van der Waals surface area contributed by atoms with Crippen molar-refractivity contribution in [2.75, 3.05) is 6.26 Å². The lowest BCUT2D eigenvalue weighted by Crippen LogP contribution is -2.29. The van der Waals surface area contributed by atoms with E-state index >= 15 is 0 Å². The summed E-state index contributed by atoms with van der Waals surface area (Å²) in [5.74, 6) is 0.864. The van der Waals surface area contributed by atoms with Crippen LogP contribution in [0.3, 0.4) is 0 Å². The molecule has 0 aliphatic carbocycles. The first-order chi connectivity index (χ1) is 9.65. The maximum absolute atomic E-state index is 5.40. The van der Waals surface area contributed by atoms with Gasteiger partial charge in [0.15, 0.2) is 10.6 Å². The van der Waals surface area contributed by atoms with Crippen LogP contribution in [-0.4, -0.2) is 30.8 Å². The third kappa shape index (κ3) is 2.96. The molecule has 1 N–H and O–H groups in total. The molecule has 6 heteroatoms. The van der Waals surface area contributed by atoms with Crippen molar-refractivity contribution in [3.8, 4) is 11.4 Å². The number of aromatic nitrogens is 4. The van der Waals surface area contributed by atoms with E-state index in [1.54, 1.807) is 6.20 Å². The molecular formula is C14H20N4S2. The van der Waals surface area contributed by atoms with Crippen molar-refractivity contribution < 1.29 is 0 Å². The third-order valence-corrected chi connectivity index (χ3v) is 5.73. The van der Waals surface area contributed by atoms with Crippen molar-refractivity contribution in [1.29, 1.82) is 0 Å². The average Bonchev–Trinajstić information content (AvgIpc) is 2.87. The van der Waals surface area contributed by atoms with E-state index < -0.39 is 0 Å². The van der Waals surface area contributed by atoms with E-state index in [1.165, 1.54) is 0 Å². The Labute approximate surface area is 129 Å². The van der Waals surface area contributed by atoms with E-state index in [4.69, 9.17) is 12.2 Å². The van der Waals surface area contributed by atoms with Gasteiger partial charge in [0, 0.05) is 29.2 Å². The number of thioether (sulfide) groups is 1. The van der Waals surface area contributed by atoms with Gasteiger partial charge >= 0.3 is 0 Å². The zero-order valence-corrected chi connectivity index (χ0v) is 13.7. The minimum absolute atomic E-state index is 0.194. The van der Waals surface area contributed by atoms with Crippen molar-refractivity contribution in [1.82, 2.24) is 19.7 Å². The first kappa shape index (κ1) is 15.3. The van der Waals surface area contributed by atoms with E-state index in [2.05, 4.69) is 39.9 Å². The Balaban J connectivity index is 2.43. The topological polar surface area (TPSA) is 46.5 Å². The molecule has 0 saturated carbocycles. The Morgan fingerprint density at radius 2 is 2.15 bits per heavy atom. The van der Waals surface area contributed by atoms with Gasteiger partial charge in [-0.3, -0.25) is 14.6 Å². The smallest absolute Gasteiger partial charge is 0.195 e. The second kappa shape index (κ2) is 6.54. The van der Waals surface area contributed by atoms with Crippen LogP contribution in [0.4, 0.5) is 0 Å². The first-order valence-corrected chi connectivity index (χ1v) is 8.40. The highest BCUT2D eigenvalue weighted by Gasteiger charge is 2.27. The highest BCUT2D eigenvalue weighted by molar-refractivity contribution is 8.00. The van der Waals surface area contributed by atoms with Crippen molar-refractivity contribution in [3.05, 3.63) is 29.3 Å². The Kier molecular flexibility index (Phi) is 4.99. The molecule has 2 aromatic heterocycles. The fourth-order valence-corrected chi connectivity index (χ4v) is 3.33. The summed E-state index contributed by atoms with van der Waals surface area (Å²) in [6.45, 7) is 5.32. The maximum atomic E-state index is 5.40. The number of hydrogen-bond donors (Lipinski definition) is 1. The molecule has 0 amide bonds. The van der Waals surface area contributed by atoms with E-state index in [9.17, 15) is 0 Å². The highest BCUT2D eigenvalue weighted by atomic mass is 32.2. The van der Waals surface area contributed by atoms with E-state index in [1.807, 2.05) is 30.1 Å². The Morgan fingerprint density at radius 3 is 2.70 bits per heavy atom. The minimum atomic E-state index is 0.194. The van der Waals surface area contributed by atoms with E-state index in [-0.39, 0.29) is 4.75 Å². The first-order valence-electron chi connectivity index (χ1n) is 6.76. The molecule has 108 valence electrons. The molecule has 0 radical (unpaired) electrons. The van der Waals surface area contributed by atoms with Crippen LogP contribution in [0.1, 0.15) is 26.7 Å². The molecule has 4 nitrogen and oxygen atoms in total. The summed E-state index contributed by atoms with van der Waals surface area (Å²) >= 11 is 7.30. The molecule has 0 aromatic carbocycles. The molecule has 0 saturated heterocycles. The zero-order valence-electron chi connectivity index (χ0n) is 12.1. The van der Waals surface area contributed by atoms with Gasteiger partial charge in [-0.2, -0.15) is 16.9 Å². The molecule has 2 aromatic rings. The minimum Gasteiger partial charge on any atom is -0.299 e. The summed E-state index contributed by atoms with van der Waals surface area (Å²) in [6.07, 6.45) is 7.95. The van der Waals surface area contributed by atoms with E-state index in [0.29, 0.717) is 4.77 Å². The van der Waals surface area contributed by atoms with Gasteiger partial charge in [-0.25, -0.2) is 0 Å². The van der Waals surface area contributed by atoms with Gasteiger partial charge in [-0.1, -0.05) is 13.8 Å². The number of rotatable bonds is 6. The van der Waals surface area contributed by atoms with Gasteiger partial charge in [0.05, 0.1) is 0 Å².